The molecule has 1 saturated heterocycles. The van der Waals surface area contributed by atoms with Gasteiger partial charge in [-0.05, 0) is 12.8 Å². The predicted octanol–water partition coefficient (Wildman–Crippen LogP) is 0.719. The lowest BCUT2D eigenvalue weighted by molar-refractivity contribution is 0.0773. The zero-order valence-corrected chi connectivity index (χ0v) is 7.12. The summed E-state index contributed by atoms with van der Waals surface area (Å²) in [6.45, 7) is 7.42. The first-order valence-electron chi connectivity index (χ1n) is 3.36. The van der Waals surface area contributed by atoms with Gasteiger partial charge in [0.15, 0.2) is 0 Å². The van der Waals surface area contributed by atoms with Crippen LogP contribution >= 0.6 is 10.7 Å². The van der Waals surface area contributed by atoms with Crippen LogP contribution in [0.2, 0.25) is 0 Å². The molecule has 0 aromatic carbocycles. The van der Waals surface area contributed by atoms with E-state index in [1.54, 1.807) is 0 Å². The van der Waals surface area contributed by atoms with Gasteiger partial charge in [-0.15, -0.1) is 0 Å². The highest BCUT2D eigenvalue weighted by molar-refractivity contribution is 8.11. The summed E-state index contributed by atoms with van der Waals surface area (Å²) >= 11 is 0. The predicted molar refractivity (Wildman–Crippen MR) is 46.5 cm³/mol. The molecule has 1 fully saturated rings. The minimum absolute atomic E-state index is 0.129. The van der Waals surface area contributed by atoms with Crippen molar-refractivity contribution < 1.29 is 4.74 Å². The molecule has 0 N–H and O–H groups in total. The van der Waals surface area contributed by atoms with Gasteiger partial charge in [-0.25, -0.2) is 4.31 Å². The van der Waals surface area contributed by atoms with Crippen molar-refractivity contribution in [2.45, 2.75) is 0 Å². The zero-order chi connectivity index (χ0) is 7.40. The zero-order valence-electron chi connectivity index (χ0n) is 6.30. The van der Waals surface area contributed by atoms with Gasteiger partial charge in [-0.1, -0.05) is 15.7 Å². The van der Waals surface area contributed by atoms with E-state index in [1.807, 2.05) is 0 Å². The van der Waals surface area contributed by atoms with Crippen molar-refractivity contribution in [3.05, 3.63) is 6.58 Å². The lowest BCUT2D eigenvalue weighted by atomic mass is 10.5. The smallest absolute Gasteiger partial charge is 0.0603 e. The minimum atomic E-state index is 0.129. The van der Waals surface area contributed by atoms with E-state index in [0.717, 1.165) is 26.3 Å². The van der Waals surface area contributed by atoms with Crippen LogP contribution in [0.3, 0.4) is 0 Å². The van der Waals surface area contributed by atoms with Gasteiger partial charge in [-0.2, -0.15) is 0 Å². The van der Waals surface area contributed by atoms with Crippen LogP contribution < -0.4 is 0 Å². The Labute approximate surface area is 64.5 Å². The normalized spacial score (nSPS) is 23.7. The third-order valence-corrected chi connectivity index (χ3v) is 3.12. The Morgan fingerprint density at radius 2 is 2.10 bits per heavy atom. The van der Waals surface area contributed by atoms with E-state index in [1.165, 1.54) is 0 Å². The quantitative estimate of drug-likeness (QED) is 0.523. The van der Waals surface area contributed by atoms with Crippen LogP contribution in [0.1, 0.15) is 0 Å². The molecule has 10 heavy (non-hydrogen) atoms. The van der Waals surface area contributed by atoms with Crippen LogP contribution in [0.25, 0.3) is 0 Å². The van der Waals surface area contributed by atoms with E-state index in [9.17, 15) is 0 Å². The first kappa shape index (κ1) is 8.02. The van der Waals surface area contributed by atoms with Crippen molar-refractivity contribution in [1.82, 2.24) is 4.31 Å². The monoisotopic (exact) mass is 159 g/mol. The average Bonchev–Trinajstić information content (AvgIpc) is 2.05. The molecule has 0 amide bonds. The Morgan fingerprint density at radius 3 is 2.60 bits per heavy atom. The molecule has 0 aromatic heterocycles. The van der Waals surface area contributed by atoms with E-state index in [0.29, 0.717) is 0 Å². The summed E-state index contributed by atoms with van der Waals surface area (Å²) < 4.78 is 7.55. The summed E-state index contributed by atoms with van der Waals surface area (Å²) in [5, 5.41) is 2.98. The molecule has 58 valence electrons. The van der Waals surface area contributed by atoms with Crippen molar-refractivity contribution in [1.29, 1.82) is 0 Å². The van der Waals surface area contributed by atoms with Gasteiger partial charge >= 0.3 is 0 Å². The van der Waals surface area contributed by atoms with Crippen LogP contribution in [0.15, 0.2) is 6.58 Å². The molecule has 1 heterocycles. The molecular formula is C7H13NOS. The number of rotatable bonds is 1. The largest absolute Gasteiger partial charge is 0.379 e. The third-order valence-electron chi connectivity index (χ3n) is 1.57. The second-order valence-corrected chi connectivity index (χ2v) is 3.92. The molecule has 0 radical (unpaired) electrons. The van der Waals surface area contributed by atoms with Gasteiger partial charge in [0.05, 0.1) is 13.2 Å². The summed E-state index contributed by atoms with van der Waals surface area (Å²) in [6.07, 6.45) is 2.14. The Morgan fingerprint density at radius 1 is 1.50 bits per heavy atom. The van der Waals surface area contributed by atoms with Gasteiger partial charge in [0, 0.05) is 13.1 Å². The Hall–Kier alpha value is -0.0800. The molecule has 1 rings (SSSR count). The van der Waals surface area contributed by atoms with Gasteiger partial charge < -0.3 is 4.74 Å². The second kappa shape index (κ2) is 3.94. The van der Waals surface area contributed by atoms with E-state index >= 15 is 0 Å². The molecule has 1 unspecified atom stereocenters. The van der Waals surface area contributed by atoms with Crippen LogP contribution in [-0.4, -0.2) is 41.9 Å². The number of hydrogen-bond donors (Lipinski definition) is 0. The van der Waals surface area contributed by atoms with Crippen molar-refractivity contribution in [2.75, 3.05) is 32.6 Å². The molecule has 1 atom stereocenters. The van der Waals surface area contributed by atoms with Crippen LogP contribution in [-0.2, 0) is 4.74 Å². The van der Waals surface area contributed by atoms with E-state index in [4.69, 9.17) is 4.74 Å². The van der Waals surface area contributed by atoms with Gasteiger partial charge in [0.25, 0.3) is 0 Å². The van der Waals surface area contributed by atoms with Crippen molar-refractivity contribution in [3.8, 4) is 0 Å². The minimum Gasteiger partial charge on any atom is -0.379 e. The van der Waals surface area contributed by atoms with Crippen molar-refractivity contribution in [2.24, 2.45) is 0 Å². The molecule has 0 bridgehead atoms. The summed E-state index contributed by atoms with van der Waals surface area (Å²) in [5.41, 5.74) is 0. The van der Waals surface area contributed by atoms with E-state index in [-0.39, 0.29) is 10.7 Å². The second-order valence-electron chi connectivity index (χ2n) is 2.16. The van der Waals surface area contributed by atoms with Gasteiger partial charge in [0.2, 0.25) is 0 Å². The Kier molecular flexibility index (Phi) is 3.16. The number of morpholine rings is 1. The molecule has 1 aliphatic rings. The highest BCUT2D eigenvalue weighted by atomic mass is 32.2. The number of nitrogens with zero attached hydrogens (tertiary/aromatic N) is 1. The highest BCUT2D eigenvalue weighted by Crippen LogP contribution is 2.13. The van der Waals surface area contributed by atoms with Crippen molar-refractivity contribution >= 4 is 15.7 Å². The first-order valence-corrected chi connectivity index (χ1v) is 4.95. The molecule has 2 nitrogen and oxygen atoms in total. The number of ether oxygens (including phenoxy) is 1. The Bertz CT molecular complexity index is 157. The standard InChI is InChI=1S/C7H13NOS/c1-3-10(2)8-4-6-9-7-5-8/h1,4-7H2,2H3. The van der Waals surface area contributed by atoms with Crippen LogP contribution in [0, 0.1) is 0 Å². The fourth-order valence-corrected chi connectivity index (χ4v) is 1.79. The Balaban J connectivity index is 2.46. The summed E-state index contributed by atoms with van der Waals surface area (Å²) in [6, 6.07) is 0. The highest BCUT2D eigenvalue weighted by Gasteiger charge is 2.09. The molecule has 0 spiro atoms. The molecule has 1 aliphatic heterocycles. The summed E-state index contributed by atoms with van der Waals surface area (Å²) in [5.74, 6) is 0. The SMILES string of the molecule is C=C=S(C)N1CCOCC1. The lowest BCUT2D eigenvalue weighted by Gasteiger charge is -2.26. The maximum Gasteiger partial charge on any atom is 0.0603 e. The topological polar surface area (TPSA) is 12.5 Å². The van der Waals surface area contributed by atoms with Gasteiger partial charge in [-0.3, -0.25) is 0 Å². The fourth-order valence-electron chi connectivity index (χ4n) is 0.912. The third kappa shape index (κ3) is 1.96. The molecule has 0 saturated carbocycles. The fraction of sp³-hybridized carbons (Fsp3) is 0.714. The van der Waals surface area contributed by atoms with Gasteiger partial charge in [0.1, 0.15) is 0 Å². The molecular weight excluding hydrogens is 146 g/mol. The van der Waals surface area contributed by atoms with Crippen molar-refractivity contribution in [3.63, 3.8) is 0 Å². The summed E-state index contributed by atoms with van der Waals surface area (Å²) in [7, 11) is 0.129. The molecule has 0 aromatic rings. The first-order chi connectivity index (χ1) is 4.84. The summed E-state index contributed by atoms with van der Waals surface area (Å²) in [4.78, 5) is 0. The number of hydrogen-bond acceptors (Lipinski definition) is 2. The molecule has 3 heteroatoms. The average molecular weight is 159 g/mol. The van der Waals surface area contributed by atoms with E-state index in [2.05, 4.69) is 22.2 Å². The lowest BCUT2D eigenvalue weighted by Crippen LogP contribution is -2.31. The van der Waals surface area contributed by atoms with E-state index < -0.39 is 0 Å². The maximum absolute atomic E-state index is 5.21. The maximum atomic E-state index is 5.21. The molecule has 0 aliphatic carbocycles. The van der Waals surface area contributed by atoms with Crippen LogP contribution in [0.5, 0.6) is 0 Å². The van der Waals surface area contributed by atoms with Crippen LogP contribution in [0.4, 0.5) is 0 Å².